The van der Waals surface area contributed by atoms with Gasteiger partial charge in [0.1, 0.15) is 0 Å². The Labute approximate surface area is 119 Å². The Kier molecular flexibility index (Phi) is 7.69. The Hall–Kier alpha value is -1.59. The minimum absolute atomic E-state index is 0.0573. The largest absolute Gasteiger partial charge is 0.481 e. The molecular formula is C14H24N2O4. The quantitative estimate of drug-likeness (QED) is 0.594. The van der Waals surface area contributed by atoms with E-state index in [2.05, 4.69) is 10.6 Å². The topological polar surface area (TPSA) is 95.5 Å². The van der Waals surface area contributed by atoms with Gasteiger partial charge in [-0.1, -0.05) is 25.7 Å². The number of aliphatic carboxylic acids is 1. The molecule has 6 nitrogen and oxygen atoms in total. The molecule has 3 N–H and O–H groups in total. The van der Waals surface area contributed by atoms with Gasteiger partial charge in [-0.05, 0) is 25.2 Å². The summed E-state index contributed by atoms with van der Waals surface area (Å²) < 4.78 is 0. The first-order valence-corrected chi connectivity index (χ1v) is 7.37. The van der Waals surface area contributed by atoms with Crippen molar-refractivity contribution in [1.29, 1.82) is 0 Å². The summed E-state index contributed by atoms with van der Waals surface area (Å²) in [5, 5.41) is 13.3. The van der Waals surface area contributed by atoms with Crippen LogP contribution >= 0.6 is 0 Å². The maximum atomic E-state index is 11.4. The number of carbonyl (C=O) groups excluding carboxylic acids is 2. The van der Waals surface area contributed by atoms with Crippen LogP contribution in [0.4, 0.5) is 4.79 Å². The number of amides is 3. The zero-order chi connectivity index (χ0) is 14.8. The van der Waals surface area contributed by atoms with E-state index in [-0.39, 0.29) is 19.3 Å². The highest BCUT2D eigenvalue weighted by Crippen LogP contribution is 2.28. The molecule has 0 unspecified atom stereocenters. The Bertz CT molecular complexity index is 338. The molecule has 114 valence electrons. The molecule has 1 aliphatic carbocycles. The summed E-state index contributed by atoms with van der Waals surface area (Å²) in [5.41, 5.74) is 0. The molecule has 0 saturated heterocycles. The highest BCUT2D eigenvalue weighted by atomic mass is 16.4. The highest BCUT2D eigenvalue weighted by Gasteiger charge is 2.14. The Balaban J connectivity index is 1.98. The van der Waals surface area contributed by atoms with E-state index in [9.17, 15) is 14.4 Å². The van der Waals surface area contributed by atoms with Gasteiger partial charge in [-0.25, -0.2) is 4.79 Å². The van der Waals surface area contributed by atoms with Gasteiger partial charge in [0.25, 0.3) is 0 Å². The number of rotatable bonds is 8. The van der Waals surface area contributed by atoms with Gasteiger partial charge in [0.2, 0.25) is 5.91 Å². The second kappa shape index (κ2) is 9.34. The summed E-state index contributed by atoms with van der Waals surface area (Å²) in [7, 11) is 0. The van der Waals surface area contributed by atoms with Crippen LogP contribution in [-0.2, 0) is 9.59 Å². The Morgan fingerprint density at radius 1 is 1.05 bits per heavy atom. The van der Waals surface area contributed by atoms with Crippen LogP contribution < -0.4 is 10.6 Å². The van der Waals surface area contributed by atoms with Crippen LogP contribution in [0.3, 0.4) is 0 Å². The van der Waals surface area contributed by atoms with Crippen molar-refractivity contribution in [2.24, 2.45) is 5.92 Å². The zero-order valence-corrected chi connectivity index (χ0v) is 11.8. The second-order valence-corrected chi connectivity index (χ2v) is 5.34. The molecule has 0 aromatic rings. The second-order valence-electron chi connectivity index (χ2n) is 5.34. The smallest absolute Gasteiger partial charge is 0.321 e. The van der Waals surface area contributed by atoms with E-state index in [1.807, 2.05) is 0 Å². The van der Waals surface area contributed by atoms with E-state index in [1.54, 1.807) is 0 Å². The van der Waals surface area contributed by atoms with Gasteiger partial charge in [-0.15, -0.1) is 0 Å². The molecule has 0 aromatic heterocycles. The zero-order valence-electron chi connectivity index (χ0n) is 11.8. The number of carboxylic acids is 1. The van der Waals surface area contributed by atoms with Crippen LogP contribution in [0.5, 0.6) is 0 Å². The van der Waals surface area contributed by atoms with Crippen LogP contribution in [0.25, 0.3) is 0 Å². The molecule has 0 aliphatic heterocycles. The molecule has 3 amide bonds. The fraction of sp³-hybridized carbons (Fsp3) is 0.786. The van der Waals surface area contributed by atoms with E-state index in [0.29, 0.717) is 6.54 Å². The van der Waals surface area contributed by atoms with Crippen molar-refractivity contribution >= 4 is 17.9 Å². The SMILES string of the molecule is O=C(O)CCCC(=O)NC(=O)NCCCC1CCCC1. The number of imide groups is 1. The van der Waals surface area contributed by atoms with E-state index in [0.717, 1.165) is 18.8 Å². The highest BCUT2D eigenvalue weighted by molar-refractivity contribution is 5.94. The molecule has 0 radical (unpaired) electrons. The summed E-state index contributed by atoms with van der Waals surface area (Å²) in [5.74, 6) is -0.564. The first kappa shape index (κ1) is 16.5. The van der Waals surface area contributed by atoms with Crippen molar-refractivity contribution in [3.8, 4) is 0 Å². The average Bonchev–Trinajstić information content (AvgIpc) is 2.87. The van der Waals surface area contributed by atoms with Gasteiger partial charge in [-0.3, -0.25) is 14.9 Å². The van der Waals surface area contributed by atoms with Crippen molar-refractivity contribution in [2.45, 2.75) is 57.8 Å². The molecule has 1 aliphatic rings. The lowest BCUT2D eigenvalue weighted by atomic mass is 10.0. The lowest BCUT2D eigenvalue weighted by Gasteiger charge is -2.09. The van der Waals surface area contributed by atoms with Gasteiger partial charge >= 0.3 is 12.0 Å². The van der Waals surface area contributed by atoms with Crippen molar-refractivity contribution in [1.82, 2.24) is 10.6 Å². The number of hydrogen-bond donors (Lipinski definition) is 3. The molecule has 1 rings (SSSR count). The molecule has 1 saturated carbocycles. The molecule has 0 bridgehead atoms. The minimum atomic E-state index is -0.936. The van der Waals surface area contributed by atoms with Gasteiger partial charge in [-0.2, -0.15) is 0 Å². The molecule has 6 heteroatoms. The number of carboxylic acid groups (broad SMARTS) is 1. The summed E-state index contributed by atoms with van der Waals surface area (Å²) in [6, 6.07) is -0.489. The molecule has 0 atom stereocenters. The minimum Gasteiger partial charge on any atom is -0.481 e. The molecule has 0 spiro atoms. The van der Waals surface area contributed by atoms with Crippen LogP contribution in [0.1, 0.15) is 57.8 Å². The normalized spacial score (nSPS) is 15.0. The van der Waals surface area contributed by atoms with E-state index in [4.69, 9.17) is 5.11 Å². The third-order valence-electron chi connectivity index (χ3n) is 3.60. The van der Waals surface area contributed by atoms with E-state index >= 15 is 0 Å². The number of urea groups is 1. The third kappa shape index (κ3) is 7.76. The lowest BCUT2D eigenvalue weighted by molar-refractivity contribution is -0.137. The van der Waals surface area contributed by atoms with Gasteiger partial charge in [0, 0.05) is 19.4 Å². The number of nitrogens with one attached hydrogen (secondary N) is 2. The summed E-state index contributed by atoms with van der Waals surface area (Å²) in [4.78, 5) is 33.0. The van der Waals surface area contributed by atoms with Crippen molar-refractivity contribution in [3.63, 3.8) is 0 Å². The molecule has 20 heavy (non-hydrogen) atoms. The Morgan fingerprint density at radius 2 is 1.75 bits per heavy atom. The monoisotopic (exact) mass is 284 g/mol. The third-order valence-corrected chi connectivity index (χ3v) is 3.60. The number of carbonyl (C=O) groups is 3. The number of hydrogen-bond acceptors (Lipinski definition) is 3. The van der Waals surface area contributed by atoms with E-state index < -0.39 is 17.9 Å². The fourth-order valence-electron chi connectivity index (χ4n) is 2.53. The van der Waals surface area contributed by atoms with Crippen LogP contribution in [-0.4, -0.2) is 29.6 Å². The van der Waals surface area contributed by atoms with Crippen LogP contribution in [0.2, 0.25) is 0 Å². The van der Waals surface area contributed by atoms with Crippen LogP contribution in [0.15, 0.2) is 0 Å². The summed E-state index contributed by atoms with van der Waals surface area (Å²) in [6.45, 7) is 0.574. The average molecular weight is 284 g/mol. The van der Waals surface area contributed by atoms with Gasteiger partial charge in [0.15, 0.2) is 0 Å². The van der Waals surface area contributed by atoms with Crippen LogP contribution in [0, 0.1) is 5.92 Å². The molecule has 1 fully saturated rings. The fourth-order valence-corrected chi connectivity index (χ4v) is 2.53. The Morgan fingerprint density at radius 3 is 2.40 bits per heavy atom. The van der Waals surface area contributed by atoms with Crippen molar-refractivity contribution < 1.29 is 19.5 Å². The van der Waals surface area contributed by atoms with Gasteiger partial charge in [0.05, 0.1) is 0 Å². The first-order valence-electron chi connectivity index (χ1n) is 7.37. The molecule has 0 aromatic carbocycles. The van der Waals surface area contributed by atoms with E-state index in [1.165, 1.54) is 25.7 Å². The summed E-state index contributed by atoms with van der Waals surface area (Å²) in [6.07, 6.45) is 7.56. The summed E-state index contributed by atoms with van der Waals surface area (Å²) >= 11 is 0. The lowest BCUT2D eigenvalue weighted by Crippen LogP contribution is -2.39. The maximum Gasteiger partial charge on any atom is 0.321 e. The predicted molar refractivity (Wildman–Crippen MR) is 74.2 cm³/mol. The van der Waals surface area contributed by atoms with Crippen molar-refractivity contribution in [3.05, 3.63) is 0 Å². The standard InChI is InChI=1S/C14H24N2O4/c17-12(8-3-9-13(18)19)16-14(20)15-10-4-7-11-5-1-2-6-11/h11H,1-10H2,(H,18,19)(H2,15,16,17,20). The van der Waals surface area contributed by atoms with Crippen molar-refractivity contribution in [2.75, 3.05) is 6.54 Å². The first-order chi connectivity index (χ1) is 9.58. The maximum absolute atomic E-state index is 11.4. The van der Waals surface area contributed by atoms with Gasteiger partial charge < -0.3 is 10.4 Å². The molecule has 0 heterocycles. The molecular weight excluding hydrogens is 260 g/mol. The predicted octanol–water partition coefficient (Wildman–Crippen LogP) is 2.04.